The molecule has 0 N–H and O–H groups in total. The fourth-order valence-electron chi connectivity index (χ4n) is 7.00. The van der Waals surface area contributed by atoms with Crippen LogP contribution in [0.5, 0.6) is 0 Å². The van der Waals surface area contributed by atoms with Gasteiger partial charge in [-0.2, -0.15) is 0 Å². The summed E-state index contributed by atoms with van der Waals surface area (Å²) in [6.45, 7) is 5.70. The molecule has 0 aliphatic heterocycles. The van der Waals surface area contributed by atoms with Gasteiger partial charge < -0.3 is 30.6 Å². The monoisotopic (exact) mass is 870 g/mol. The van der Waals surface area contributed by atoms with Crippen LogP contribution in [0.3, 0.4) is 0 Å². The van der Waals surface area contributed by atoms with Crippen molar-refractivity contribution >= 4 is 0 Å². The molecule has 12 nitrogen and oxygen atoms in total. The molecule has 6 atom stereocenters. The third kappa shape index (κ3) is 12.3. The molecule has 0 aliphatic rings. The molecule has 6 aromatic rings. The molecule has 0 aromatic carbocycles. The van der Waals surface area contributed by atoms with Gasteiger partial charge in [-0.15, -0.1) is 0 Å². The Hall–Kier alpha value is -4.33. The molecule has 6 heterocycles. The van der Waals surface area contributed by atoms with E-state index in [-0.39, 0.29) is 93.4 Å². The third-order valence-corrected chi connectivity index (χ3v) is 9.58. The maximum absolute atomic E-state index is 14.0. The van der Waals surface area contributed by atoms with E-state index in [1.165, 1.54) is 64.9 Å². The first kappa shape index (κ1) is 48.0. The van der Waals surface area contributed by atoms with Gasteiger partial charge in [0.25, 0.3) is 0 Å². The Kier molecular flexibility index (Phi) is 16.6. The molecule has 14 heteroatoms. The summed E-state index contributed by atoms with van der Waals surface area (Å²) < 4.78 is 0. The van der Waals surface area contributed by atoms with E-state index in [4.69, 9.17) is 0 Å². The number of aromatic nitrogens is 6. The molecule has 58 heavy (non-hydrogen) atoms. The summed E-state index contributed by atoms with van der Waals surface area (Å²) in [7, 11) is 0. The second-order valence-electron chi connectivity index (χ2n) is 14.9. The summed E-state index contributed by atoms with van der Waals surface area (Å²) in [6, 6.07) is 29.9. The average molecular weight is 871 g/mol. The molecule has 304 valence electrons. The van der Waals surface area contributed by atoms with E-state index < -0.39 is 33.6 Å². The molecule has 0 aliphatic carbocycles. The summed E-state index contributed by atoms with van der Waals surface area (Å²) in [4.78, 5) is 24.8. The predicted molar refractivity (Wildman–Crippen MR) is 197 cm³/mol. The molecule has 0 radical (unpaired) electrons. The van der Waals surface area contributed by atoms with Crippen LogP contribution in [0.15, 0.2) is 146 Å². The minimum absolute atomic E-state index is 0. The van der Waals surface area contributed by atoms with E-state index in [1.807, 2.05) is 0 Å². The Bertz CT molecular complexity index is 1830. The van der Waals surface area contributed by atoms with E-state index in [0.29, 0.717) is 0 Å². The van der Waals surface area contributed by atoms with Gasteiger partial charge in [-0.25, -0.2) is 0 Å². The van der Waals surface area contributed by atoms with Gasteiger partial charge in [0, 0.05) is 71.3 Å². The molecule has 6 aromatic heterocycles. The minimum atomic E-state index is -2.00. The van der Waals surface area contributed by atoms with E-state index >= 15 is 0 Å². The summed E-state index contributed by atoms with van der Waals surface area (Å²) >= 11 is 0. The summed E-state index contributed by atoms with van der Waals surface area (Å²) in [5.41, 5.74) is -9.71. The van der Waals surface area contributed by atoms with Crippen LogP contribution in [0.4, 0.5) is 0 Å². The van der Waals surface area contributed by atoms with Crippen LogP contribution < -0.4 is 30.6 Å². The van der Waals surface area contributed by atoms with Crippen molar-refractivity contribution < 1.29 is 64.2 Å². The van der Waals surface area contributed by atoms with Crippen molar-refractivity contribution in [3.8, 4) is 0 Å². The van der Waals surface area contributed by atoms with E-state index in [1.54, 1.807) is 109 Å². The van der Waals surface area contributed by atoms with Crippen LogP contribution in [-0.2, 0) is 67.2 Å². The Morgan fingerprint density at radius 2 is 0.483 bits per heavy atom. The second kappa shape index (κ2) is 20.1. The maximum atomic E-state index is 14.0. The normalized spacial score (nSPS) is 17.3. The standard InChI is InChI=1S/2C22H22N3O3.2Co/c2*1-20(26,17-9-3-6-12-23-17)15-22(28,19-11-5-8-14-25-19)16-21(2,27)18-10-4-7-13-24-18;;/h2*3-14H,15-16H2,1-2H3;;/q2*-3;2*+3/t2*20-,21+,22?;;. The van der Waals surface area contributed by atoms with E-state index in [0.717, 1.165) is 0 Å². The van der Waals surface area contributed by atoms with Gasteiger partial charge in [-0.3, -0.25) is 29.9 Å². The molecule has 6 rings (SSSR count). The first-order chi connectivity index (χ1) is 26.5. The van der Waals surface area contributed by atoms with Crippen LogP contribution in [0.2, 0.25) is 0 Å². The second-order valence-corrected chi connectivity index (χ2v) is 14.9. The first-order valence-electron chi connectivity index (χ1n) is 18.2. The Morgan fingerprint density at radius 1 is 0.310 bits per heavy atom. The van der Waals surface area contributed by atoms with Gasteiger partial charge in [-0.05, 0) is 72.8 Å². The topological polar surface area (TPSA) is 216 Å². The SMILES string of the molecule is C[C@]([O-])(CC([O-])(C[C@@](C)([O-])c1ccccn1)c1ccccn1)c1ccccn1.C[C@]([O-])(CC([O-])(C[C@@](C)([O-])c1ccccn1)c1ccccn1)c1ccccn1.[Co+3].[Co+3]. The van der Waals surface area contributed by atoms with Crippen LogP contribution >= 0.6 is 0 Å². The minimum Gasteiger partial charge on any atom is -0.845 e. The van der Waals surface area contributed by atoms with Gasteiger partial charge in [0.05, 0.1) is 0 Å². The van der Waals surface area contributed by atoms with E-state index in [2.05, 4.69) is 29.9 Å². The maximum Gasteiger partial charge on any atom is 3.00 e. The number of hydrogen-bond acceptors (Lipinski definition) is 12. The first-order valence-corrected chi connectivity index (χ1v) is 18.2. The molecule has 2 unspecified atom stereocenters. The molecule has 0 spiro atoms. The predicted octanol–water partition coefficient (Wildman–Crippen LogP) is 1.51. The molecular weight excluding hydrogens is 826 g/mol. The number of pyridine rings is 6. The number of hydrogen-bond donors (Lipinski definition) is 0. The van der Waals surface area contributed by atoms with Gasteiger partial charge in [0.2, 0.25) is 0 Å². The third-order valence-electron chi connectivity index (χ3n) is 9.58. The zero-order chi connectivity index (χ0) is 40.5. The zero-order valence-corrected chi connectivity index (χ0v) is 34.6. The van der Waals surface area contributed by atoms with Crippen LogP contribution in [0.25, 0.3) is 0 Å². The molecular formula is C44H44Co2N6O6. The van der Waals surface area contributed by atoms with Gasteiger partial charge >= 0.3 is 33.6 Å². The zero-order valence-electron chi connectivity index (χ0n) is 32.5. The molecule has 0 saturated heterocycles. The summed E-state index contributed by atoms with van der Waals surface area (Å²) in [5, 5.41) is 81.2. The Balaban J connectivity index is 0.000000300. The van der Waals surface area contributed by atoms with Gasteiger partial charge in [0.15, 0.2) is 0 Å². The van der Waals surface area contributed by atoms with Crippen molar-refractivity contribution in [1.29, 1.82) is 0 Å². The average Bonchev–Trinajstić information content (AvgIpc) is 3.19. The summed E-state index contributed by atoms with van der Waals surface area (Å²) in [5.74, 6) is 0. The van der Waals surface area contributed by atoms with Gasteiger partial charge in [-0.1, -0.05) is 123 Å². The molecule has 0 bridgehead atoms. The van der Waals surface area contributed by atoms with Crippen molar-refractivity contribution in [2.45, 2.75) is 87.0 Å². The Morgan fingerprint density at radius 3 is 0.638 bits per heavy atom. The molecule has 0 saturated carbocycles. The quantitative estimate of drug-likeness (QED) is 0.152. The smallest absolute Gasteiger partial charge is 0.845 e. The summed E-state index contributed by atoms with van der Waals surface area (Å²) in [6.07, 6.45) is 7.61. The largest absolute Gasteiger partial charge is 3.00 e. The van der Waals surface area contributed by atoms with Crippen molar-refractivity contribution in [1.82, 2.24) is 29.9 Å². The molecule has 0 fully saturated rings. The van der Waals surface area contributed by atoms with Crippen molar-refractivity contribution in [2.24, 2.45) is 0 Å². The molecule has 0 amide bonds. The van der Waals surface area contributed by atoms with E-state index in [9.17, 15) is 30.6 Å². The van der Waals surface area contributed by atoms with Crippen LogP contribution in [-0.4, -0.2) is 29.9 Å². The van der Waals surface area contributed by atoms with Crippen LogP contribution in [0.1, 0.15) is 87.5 Å². The van der Waals surface area contributed by atoms with Crippen LogP contribution in [0, 0.1) is 0 Å². The van der Waals surface area contributed by atoms with Crippen molar-refractivity contribution in [3.63, 3.8) is 0 Å². The van der Waals surface area contributed by atoms with Crippen molar-refractivity contribution in [2.75, 3.05) is 0 Å². The fourth-order valence-corrected chi connectivity index (χ4v) is 7.00. The van der Waals surface area contributed by atoms with Gasteiger partial charge in [0.1, 0.15) is 0 Å². The number of rotatable bonds is 14. The Labute approximate surface area is 360 Å². The number of nitrogens with zero attached hydrogens (tertiary/aromatic N) is 6. The fraction of sp³-hybridized carbons (Fsp3) is 0.318. The van der Waals surface area contributed by atoms with Crippen molar-refractivity contribution in [3.05, 3.63) is 181 Å².